The van der Waals surface area contributed by atoms with Crippen molar-refractivity contribution in [1.29, 1.82) is 0 Å². The van der Waals surface area contributed by atoms with Crippen molar-refractivity contribution < 1.29 is 19.1 Å². The Bertz CT molecular complexity index is 620. The number of para-hydroxylation sites is 1. The molecule has 0 unspecified atom stereocenters. The highest BCUT2D eigenvalue weighted by Crippen LogP contribution is 2.20. The monoisotopic (exact) mass is 360 g/mol. The van der Waals surface area contributed by atoms with Crippen LogP contribution in [0.1, 0.15) is 31.7 Å². The van der Waals surface area contributed by atoms with E-state index < -0.39 is 0 Å². The maximum absolute atomic E-state index is 12.5. The summed E-state index contributed by atoms with van der Waals surface area (Å²) in [6.07, 6.45) is 2.63. The summed E-state index contributed by atoms with van der Waals surface area (Å²) in [5.74, 6) is 1.08. The highest BCUT2D eigenvalue weighted by Gasteiger charge is 2.31. The minimum absolute atomic E-state index is 0.0836. The molecule has 2 saturated heterocycles. The number of hydrogen-bond donors (Lipinski definition) is 0. The van der Waals surface area contributed by atoms with Crippen LogP contribution in [0.15, 0.2) is 24.3 Å². The lowest BCUT2D eigenvalue weighted by molar-refractivity contribution is -0.146. The van der Waals surface area contributed by atoms with Gasteiger partial charge >= 0.3 is 0 Å². The van der Waals surface area contributed by atoms with Crippen LogP contribution in [-0.4, -0.2) is 67.1 Å². The van der Waals surface area contributed by atoms with E-state index in [2.05, 4.69) is 0 Å². The van der Waals surface area contributed by atoms with Gasteiger partial charge in [0.05, 0.1) is 6.61 Å². The second kappa shape index (κ2) is 9.03. The third kappa shape index (κ3) is 4.55. The molecule has 2 amide bonds. The van der Waals surface area contributed by atoms with E-state index >= 15 is 0 Å². The summed E-state index contributed by atoms with van der Waals surface area (Å²) >= 11 is 0. The maximum Gasteiger partial charge on any atom is 0.251 e. The molecule has 6 nitrogen and oxygen atoms in total. The highest BCUT2D eigenvalue weighted by atomic mass is 16.5. The molecule has 3 rings (SSSR count). The third-order valence-electron chi connectivity index (χ3n) is 5.03. The van der Waals surface area contributed by atoms with Crippen molar-refractivity contribution in [3.8, 4) is 5.75 Å². The number of piperazine rings is 1. The van der Waals surface area contributed by atoms with E-state index in [1.165, 1.54) is 0 Å². The van der Waals surface area contributed by atoms with Crippen LogP contribution in [0.25, 0.3) is 0 Å². The number of aryl methyl sites for hydroxylation is 1. The summed E-state index contributed by atoms with van der Waals surface area (Å²) < 4.78 is 11.1. The fraction of sp³-hybridized carbons (Fsp3) is 0.600. The van der Waals surface area contributed by atoms with Gasteiger partial charge in [0.15, 0.2) is 0 Å². The number of carbonyl (C=O) groups excluding carboxylic acids is 2. The Labute approximate surface area is 155 Å². The SMILES string of the molecule is CCOc1ccccc1CCC(=O)N1CCN(C(=O)[C@H]2CCCO2)CC1. The molecule has 142 valence electrons. The molecule has 26 heavy (non-hydrogen) atoms. The minimum atomic E-state index is -0.271. The van der Waals surface area contributed by atoms with Crippen LogP contribution in [0.3, 0.4) is 0 Å². The van der Waals surface area contributed by atoms with E-state index in [4.69, 9.17) is 9.47 Å². The van der Waals surface area contributed by atoms with Crippen molar-refractivity contribution in [2.45, 2.75) is 38.7 Å². The molecule has 2 aliphatic heterocycles. The number of rotatable bonds is 6. The Balaban J connectivity index is 1.46. The molecule has 0 spiro atoms. The third-order valence-corrected chi connectivity index (χ3v) is 5.03. The van der Waals surface area contributed by atoms with Gasteiger partial charge in [0, 0.05) is 39.2 Å². The molecular formula is C20H28N2O4. The first-order valence-electron chi connectivity index (χ1n) is 9.58. The largest absolute Gasteiger partial charge is 0.494 e. The molecule has 1 aromatic carbocycles. The Morgan fingerprint density at radius 3 is 2.58 bits per heavy atom. The first-order valence-corrected chi connectivity index (χ1v) is 9.58. The van der Waals surface area contributed by atoms with Crippen molar-refractivity contribution >= 4 is 11.8 Å². The van der Waals surface area contributed by atoms with Crippen LogP contribution in [0.2, 0.25) is 0 Å². The Hall–Kier alpha value is -2.08. The van der Waals surface area contributed by atoms with E-state index in [1.54, 1.807) is 0 Å². The zero-order valence-corrected chi connectivity index (χ0v) is 15.5. The smallest absolute Gasteiger partial charge is 0.251 e. The quantitative estimate of drug-likeness (QED) is 0.777. The summed E-state index contributed by atoms with van der Waals surface area (Å²) in [6.45, 7) is 5.65. The van der Waals surface area contributed by atoms with Gasteiger partial charge in [-0.3, -0.25) is 9.59 Å². The maximum atomic E-state index is 12.5. The zero-order chi connectivity index (χ0) is 18.4. The van der Waals surface area contributed by atoms with Crippen LogP contribution >= 0.6 is 0 Å². The lowest BCUT2D eigenvalue weighted by Crippen LogP contribution is -2.52. The van der Waals surface area contributed by atoms with E-state index in [-0.39, 0.29) is 17.9 Å². The molecular weight excluding hydrogens is 332 g/mol. The molecule has 2 aliphatic rings. The fourth-order valence-electron chi connectivity index (χ4n) is 3.56. The molecule has 2 heterocycles. The van der Waals surface area contributed by atoms with E-state index in [1.807, 2.05) is 41.0 Å². The second-order valence-electron chi connectivity index (χ2n) is 6.75. The van der Waals surface area contributed by atoms with Crippen molar-refractivity contribution in [2.24, 2.45) is 0 Å². The van der Waals surface area contributed by atoms with Gasteiger partial charge in [0.1, 0.15) is 11.9 Å². The first kappa shape index (κ1) is 18.7. The molecule has 2 fully saturated rings. The van der Waals surface area contributed by atoms with Crippen LogP contribution in [0.4, 0.5) is 0 Å². The van der Waals surface area contributed by atoms with Gasteiger partial charge in [0.2, 0.25) is 5.91 Å². The highest BCUT2D eigenvalue weighted by molar-refractivity contribution is 5.82. The number of amides is 2. The zero-order valence-electron chi connectivity index (χ0n) is 15.5. The fourth-order valence-corrected chi connectivity index (χ4v) is 3.56. The predicted octanol–water partition coefficient (Wildman–Crippen LogP) is 1.87. The molecule has 1 aromatic rings. The molecule has 6 heteroatoms. The summed E-state index contributed by atoms with van der Waals surface area (Å²) in [7, 11) is 0. The van der Waals surface area contributed by atoms with Gasteiger partial charge in [0.25, 0.3) is 5.91 Å². The van der Waals surface area contributed by atoms with Gasteiger partial charge in [-0.25, -0.2) is 0 Å². The van der Waals surface area contributed by atoms with Crippen molar-refractivity contribution in [3.63, 3.8) is 0 Å². The number of benzene rings is 1. The van der Waals surface area contributed by atoms with Crippen molar-refractivity contribution in [3.05, 3.63) is 29.8 Å². The number of nitrogens with zero attached hydrogens (tertiary/aromatic N) is 2. The molecule has 0 aliphatic carbocycles. The van der Waals surface area contributed by atoms with Gasteiger partial charge in [-0.2, -0.15) is 0 Å². The van der Waals surface area contributed by atoms with E-state index in [0.717, 1.165) is 24.2 Å². The van der Waals surface area contributed by atoms with E-state index in [0.29, 0.717) is 52.2 Å². The Morgan fingerprint density at radius 2 is 1.88 bits per heavy atom. The van der Waals surface area contributed by atoms with Crippen molar-refractivity contribution in [2.75, 3.05) is 39.4 Å². The Morgan fingerprint density at radius 1 is 1.15 bits per heavy atom. The number of ether oxygens (including phenoxy) is 2. The molecule has 0 radical (unpaired) electrons. The summed E-state index contributed by atoms with van der Waals surface area (Å²) in [4.78, 5) is 28.6. The summed E-state index contributed by atoms with van der Waals surface area (Å²) in [6, 6.07) is 7.87. The normalized spacial score (nSPS) is 20.3. The summed E-state index contributed by atoms with van der Waals surface area (Å²) in [5.41, 5.74) is 1.06. The number of carbonyl (C=O) groups is 2. The predicted molar refractivity (Wildman–Crippen MR) is 98.1 cm³/mol. The second-order valence-corrected chi connectivity index (χ2v) is 6.75. The minimum Gasteiger partial charge on any atom is -0.494 e. The standard InChI is InChI=1S/C20H28N2O4/c1-2-25-17-7-4-3-6-16(17)9-10-19(23)21-11-13-22(14-12-21)20(24)18-8-5-15-26-18/h3-4,6-7,18H,2,5,8-15H2,1H3/t18-/m1/s1. The van der Waals surface area contributed by atoms with Crippen LogP contribution in [0, 0.1) is 0 Å². The molecule has 0 bridgehead atoms. The molecule has 0 saturated carbocycles. The molecule has 0 aromatic heterocycles. The van der Waals surface area contributed by atoms with Crippen LogP contribution in [0.5, 0.6) is 5.75 Å². The molecule has 0 N–H and O–H groups in total. The lowest BCUT2D eigenvalue weighted by Gasteiger charge is -2.35. The number of hydrogen-bond acceptors (Lipinski definition) is 4. The van der Waals surface area contributed by atoms with Crippen LogP contribution < -0.4 is 4.74 Å². The molecule has 1 atom stereocenters. The first-order chi connectivity index (χ1) is 12.7. The lowest BCUT2D eigenvalue weighted by atomic mass is 10.1. The van der Waals surface area contributed by atoms with Gasteiger partial charge in [-0.15, -0.1) is 0 Å². The van der Waals surface area contributed by atoms with Gasteiger partial charge < -0.3 is 19.3 Å². The average molecular weight is 360 g/mol. The van der Waals surface area contributed by atoms with Crippen molar-refractivity contribution in [1.82, 2.24) is 9.80 Å². The van der Waals surface area contributed by atoms with Crippen LogP contribution in [-0.2, 0) is 20.7 Å². The average Bonchev–Trinajstić information content (AvgIpc) is 3.21. The topological polar surface area (TPSA) is 59.1 Å². The van der Waals surface area contributed by atoms with E-state index in [9.17, 15) is 9.59 Å². The summed E-state index contributed by atoms with van der Waals surface area (Å²) in [5, 5.41) is 0. The Kier molecular flexibility index (Phi) is 6.50. The van der Waals surface area contributed by atoms with Gasteiger partial charge in [-0.05, 0) is 37.8 Å². The van der Waals surface area contributed by atoms with Gasteiger partial charge in [-0.1, -0.05) is 18.2 Å².